The van der Waals surface area contributed by atoms with Gasteiger partial charge in [-0.2, -0.15) is 0 Å². The zero-order valence-corrected chi connectivity index (χ0v) is 6.47. The van der Waals surface area contributed by atoms with Crippen molar-refractivity contribution in [1.82, 2.24) is 9.97 Å². The lowest BCUT2D eigenvalue weighted by Crippen LogP contribution is -2.01. The van der Waals surface area contributed by atoms with E-state index in [-0.39, 0.29) is 0 Å². The smallest absolute Gasteiger partial charge is 0.130 e. The Morgan fingerprint density at radius 3 is 2.20 bits per heavy atom. The van der Waals surface area contributed by atoms with Gasteiger partial charge in [0.05, 0.1) is 0 Å². The molecule has 0 aliphatic heterocycles. The third-order valence-electron chi connectivity index (χ3n) is 1.54. The molecule has 0 unspecified atom stereocenters. The van der Waals surface area contributed by atoms with E-state index in [1.807, 2.05) is 20.8 Å². The van der Waals surface area contributed by atoms with Gasteiger partial charge in [0, 0.05) is 11.3 Å². The summed E-state index contributed by atoms with van der Waals surface area (Å²) in [5, 5.41) is 0. The molecule has 0 aromatic carbocycles. The fraction of sp³-hybridized carbons (Fsp3) is 0.429. The van der Waals surface area contributed by atoms with Crippen LogP contribution < -0.4 is 5.73 Å². The summed E-state index contributed by atoms with van der Waals surface area (Å²) in [7, 11) is 0. The van der Waals surface area contributed by atoms with Crippen LogP contribution in [0.15, 0.2) is 0 Å². The molecule has 3 nitrogen and oxygen atoms in total. The van der Waals surface area contributed by atoms with Crippen LogP contribution in [0, 0.1) is 20.8 Å². The SMILES string of the molecule is Cc1nc(C)c(C)c(N)n1. The van der Waals surface area contributed by atoms with E-state index in [1.54, 1.807) is 0 Å². The highest BCUT2D eigenvalue weighted by Gasteiger charge is 1.99. The molecule has 1 aromatic heterocycles. The van der Waals surface area contributed by atoms with Crippen LogP contribution >= 0.6 is 0 Å². The molecule has 54 valence electrons. The van der Waals surface area contributed by atoms with E-state index in [2.05, 4.69) is 9.97 Å². The Morgan fingerprint density at radius 1 is 1.10 bits per heavy atom. The summed E-state index contributed by atoms with van der Waals surface area (Å²) in [6.07, 6.45) is 0. The maximum atomic E-state index is 5.57. The van der Waals surface area contributed by atoms with E-state index in [0.29, 0.717) is 5.82 Å². The topological polar surface area (TPSA) is 51.8 Å². The number of rotatable bonds is 0. The van der Waals surface area contributed by atoms with Crippen molar-refractivity contribution in [3.8, 4) is 0 Å². The predicted molar refractivity (Wildman–Crippen MR) is 40.7 cm³/mol. The molecule has 3 heteroatoms. The van der Waals surface area contributed by atoms with E-state index in [0.717, 1.165) is 17.1 Å². The quantitative estimate of drug-likeness (QED) is 0.580. The summed E-state index contributed by atoms with van der Waals surface area (Å²) in [5.74, 6) is 1.32. The molecule has 1 aromatic rings. The minimum absolute atomic E-state index is 0.588. The molecular formula is C7H11N3. The summed E-state index contributed by atoms with van der Waals surface area (Å²) in [4.78, 5) is 8.14. The Hall–Kier alpha value is -1.12. The Morgan fingerprint density at radius 2 is 1.70 bits per heavy atom. The average Bonchev–Trinajstić information content (AvgIpc) is 1.82. The molecule has 0 saturated carbocycles. The van der Waals surface area contributed by atoms with Crippen molar-refractivity contribution >= 4 is 5.82 Å². The molecule has 0 aliphatic rings. The van der Waals surface area contributed by atoms with Gasteiger partial charge in [0.15, 0.2) is 0 Å². The number of nitrogens with two attached hydrogens (primary N) is 1. The normalized spacial score (nSPS) is 9.90. The predicted octanol–water partition coefficient (Wildman–Crippen LogP) is 0.984. The molecule has 1 rings (SSSR count). The number of aromatic nitrogens is 2. The molecule has 0 saturated heterocycles. The van der Waals surface area contributed by atoms with E-state index in [1.165, 1.54) is 0 Å². The summed E-state index contributed by atoms with van der Waals surface area (Å²) in [5.41, 5.74) is 7.51. The zero-order chi connectivity index (χ0) is 7.72. The van der Waals surface area contributed by atoms with E-state index < -0.39 is 0 Å². The highest BCUT2D eigenvalue weighted by atomic mass is 14.9. The minimum Gasteiger partial charge on any atom is -0.383 e. The van der Waals surface area contributed by atoms with Crippen LogP contribution in [0.25, 0.3) is 0 Å². The standard InChI is InChI=1S/C7H11N3/c1-4-5(2)9-6(3)10-7(4)8/h1-3H3,(H2,8,9,10). The monoisotopic (exact) mass is 137 g/mol. The largest absolute Gasteiger partial charge is 0.383 e. The van der Waals surface area contributed by atoms with E-state index >= 15 is 0 Å². The van der Waals surface area contributed by atoms with Crippen molar-refractivity contribution in [2.24, 2.45) is 0 Å². The van der Waals surface area contributed by atoms with Gasteiger partial charge in [-0.1, -0.05) is 0 Å². The van der Waals surface area contributed by atoms with Gasteiger partial charge in [0.2, 0.25) is 0 Å². The van der Waals surface area contributed by atoms with Gasteiger partial charge in [0.1, 0.15) is 11.6 Å². The fourth-order valence-electron chi connectivity index (χ4n) is 0.795. The van der Waals surface area contributed by atoms with Crippen LogP contribution in [-0.2, 0) is 0 Å². The van der Waals surface area contributed by atoms with Gasteiger partial charge >= 0.3 is 0 Å². The van der Waals surface area contributed by atoms with Gasteiger partial charge in [-0.05, 0) is 20.8 Å². The lowest BCUT2D eigenvalue weighted by molar-refractivity contribution is 0.995. The molecule has 0 atom stereocenters. The molecule has 0 spiro atoms. The van der Waals surface area contributed by atoms with Crippen molar-refractivity contribution in [2.45, 2.75) is 20.8 Å². The lowest BCUT2D eigenvalue weighted by atomic mass is 10.2. The Kier molecular flexibility index (Phi) is 1.57. The second-order valence-corrected chi connectivity index (χ2v) is 2.37. The molecule has 1 heterocycles. The van der Waals surface area contributed by atoms with Crippen molar-refractivity contribution < 1.29 is 0 Å². The first kappa shape index (κ1) is 6.99. The summed E-state index contributed by atoms with van der Waals surface area (Å²) >= 11 is 0. The Bertz CT molecular complexity index is 232. The minimum atomic E-state index is 0.588. The molecule has 2 N–H and O–H groups in total. The zero-order valence-electron chi connectivity index (χ0n) is 6.47. The fourth-order valence-corrected chi connectivity index (χ4v) is 0.795. The van der Waals surface area contributed by atoms with Gasteiger partial charge < -0.3 is 5.73 Å². The Balaban J connectivity index is 3.31. The maximum Gasteiger partial charge on any atom is 0.130 e. The number of hydrogen-bond donors (Lipinski definition) is 1. The van der Waals surface area contributed by atoms with Crippen LogP contribution in [0.4, 0.5) is 5.82 Å². The molecular weight excluding hydrogens is 126 g/mol. The summed E-state index contributed by atoms with van der Waals surface area (Å²) in [6.45, 7) is 5.69. The van der Waals surface area contributed by atoms with Crippen molar-refractivity contribution in [3.63, 3.8) is 0 Å². The molecule has 10 heavy (non-hydrogen) atoms. The van der Waals surface area contributed by atoms with Gasteiger partial charge in [0.25, 0.3) is 0 Å². The molecule has 0 fully saturated rings. The average molecular weight is 137 g/mol. The first-order chi connectivity index (χ1) is 4.61. The number of aryl methyl sites for hydroxylation is 2. The van der Waals surface area contributed by atoms with Gasteiger partial charge in [-0.15, -0.1) is 0 Å². The van der Waals surface area contributed by atoms with Crippen LogP contribution in [-0.4, -0.2) is 9.97 Å². The Labute approximate surface area is 60.3 Å². The van der Waals surface area contributed by atoms with Crippen LogP contribution in [0.5, 0.6) is 0 Å². The van der Waals surface area contributed by atoms with Crippen molar-refractivity contribution in [2.75, 3.05) is 5.73 Å². The number of nitrogens with zero attached hydrogens (tertiary/aromatic N) is 2. The molecule has 0 bridgehead atoms. The summed E-state index contributed by atoms with van der Waals surface area (Å²) < 4.78 is 0. The van der Waals surface area contributed by atoms with Crippen LogP contribution in [0.1, 0.15) is 17.1 Å². The second kappa shape index (κ2) is 2.25. The van der Waals surface area contributed by atoms with Gasteiger partial charge in [-0.25, -0.2) is 9.97 Å². The number of anilines is 1. The van der Waals surface area contributed by atoms with E-state index in [9.17, 15) is 0 Å². The third kappa shape index (κ3) is 1.07. The number of nitrogen functional groups attached to an aromatic ring is 1. The van der Waals surface area contributed by atoms with Gasteiger partial charge in [-0.3, -0.25) is 0 Å². The highest BCUT2D eigenvalue weighted by Crippen LogP contribution is 2.09. The second-order valence-electron chi connectivity index (χ2n) is 2.37. The highest BCUT2D eigenvalue weighted by molar-refractivity contribution is 5.40. The first-order valence-electron chi connectivity index (χ1n) is 3.18. The van der Waals surface area contributed by atoms with Crippen LogP contribution in [0.2, 0.25) is 0 Å². The first-order valence-corrected chi connectivity index (χ1v) is 3.18. The lowest BCUT2D eigenvalue weighted by Gasteiger charge is -2.02. The molecule has 0 aliphatic carbocycles. The van der Waals surface area contributed by atoms with E-state index in [4.69, 9.17) is 5.73 Å². The summed E-state index contributed by atoms with van der Waals surface area (Å²) in [6, 6.07) is 0. The third-order valence-corrected chi connectivity index (χ3v) is 1.54. The molecule has 0 amide bonds. The maximum absolute atomic E-state index is 5.57. The number of hydrogen-bond acceptors (Lipinski definition) is 3. The van der Waals surface area contributed by atoms with Crippen LogP contribution in [0.3, 0.4) is 0 Å². The molecule has 0 radical (unpaired) electrons. The van der Waals surface area contributed by atoms with Crippen molar-refractivity contribution in [1.29, 1.82) is 0 Å². The van der Waals surface area contributed by atoms with Crippen molar-refractivity contribution in [3.05, 3.63) is 17.1 Å².